The van der Waals surface area contributed by atoms with E-state index in [2.05, 4.69) is 25.8 Å². The average Bonchev–Trinajstić information content (AvgIpc) is 3.74. The predicted octanol–water partition coefficient (Wildman–Crippen LogP) is 5.14. The predicted molar refractivity (Wildman–Crippen MR) is 210 cm³/mol. The highest BCUT2D eigenvalue weighted by Crippen LogP contribution is 2.45. The molecule has 1 spiro atoms. The van der Waals surface area contributed by atoms with E-state index in [1.54, 1.807) is 24.6 Å². The Labute approximate surface area is 330 Å². The number of likely N-dealkylation sites (tertiary alicyclic amines) is 2. The van der Waals surface area contributed by atoms with Crippen LogP contribution in [-0.2, 0) is 14.9 Å². The molecule has 0 radical (unpaired) electrons. The largest absolute Gasteiger partial charge is 0.451 e. The number of anilines is 1. The number of carbonyl (C=O) groups is 2. The molecule has 4 fully saturated rings. The van der Waals surface area contributed by atoms with E-state index in [4.69, 9.17) is 9.47 Å². The van der Waals surface area contributed by atoms with Crippen molar-refractivity contribution in [2.75, 3.05) is 63.8 Å². The van der Waals surface area contributed by atoms with E-state index in [1.807, 2.05) is 48.5 Å². The van der Waals surface area contributed by atoms with Gasteiger partial charge in [0.1, 0.15) is 23.5 Å². The molecule has 4 saturated heterocycles. The molecule has 0 unspecified atom stereocenters. The first kappa shape index (κ1) is 40.3. The molecule has 7 rings (SSSR count). The number of nitrogens with zero attached hydrogens (tertiary/aromatic N) is 8. The van der Waals surface area contributed by atoms with Crippen molar-refractivity contribution in [1.29, 1.82) is 0 Å². The third-order valence-corrected chi connectivity index (χ3v) is 13.8. The zero-order valence-electron chi connectivity index (χ0n) is 33.8. The molecule has 0 saturated carbocycles. The molecule has 5 aliphatic rings. The molecule has 1 aromatic carbocycles. The van der Waals surface area contributed by atoms with Gasteiger partial charge in [0.25, 0.3) is 16.1 Å². The molecule has 56 heavy (non-hydrogen) atoms. The number of fused-ring (bicyclic) bond motifs is 2. The Bertz CT molecular complexity index is 1930. The average molecular weight is 797 g/mol. The van der Waals surface area contributed by atoms with Gasteiger partial charge in [0.05, 0.1) is 17.8 Å². The number of carbonyl (C=O) groups excluding carboxylic acids is 2. The van der Waals surface area contributed by atoms with Crippen LogP contribution in [0.4, 0.5) is 15.0 Å². The number of piperidine rings is 1. The third-order valence-electron chi connectivity index (χ3n) is 11.8. The van der Waals surface area contributed by atoms with E-state index in [1.165, 1.54) is 30.1 Å². The Morgan fingerprint density at radius 3 is 2.34 bits per heavy atom. The molecule has 6 heterocycles. The van der Waals surface area contributed by atoms with Crippen LogP contribution in [-0.4, -0.2) is 142 Å². The van der Waals surface area contributed by atoms with Crippen LogP contribution in [0.25, 0.3) is 0 Å². The van der Waals surface area contributed by atoms with Gasteiger partial charge in [-0.25, -0.2) is 19.2 Å². The standard InChI is InChI=1S/C40H57FN8O6S/c1-27(2)49(28(3)4)37(50)33-18-30(41)8-9-34(33)54-35-20-42-26-43-36(35)45-24-40(25-45)12-16-44(17-13-40)21-29-10-14-46(15-11-29)56(52,53)48-23-31-19-32(48)22-47(31)38(51)55-39(5,6)7/h8-10,18,20,26-28,31-32H,11-17,19,21-25H2,1-7H3/t31-,32-/m0/s1. The lowest BCUT2D eigenvalue weighted by atomic mass is 9.72. The first-order valence-electron chi connectivity index (χ1n) is 19.9. The summed E-state index contributed by atoms with van der Waals surface area (Å²) in [6.07, 6.45) is 8.21. The zero-order valence-corrected chi connectivity index (χ0v) is 34.6. The summed E-state index contributed by atoms with van der Waals surface area (Å²) in [6.45, 7) is 19.1. The van der Waals surface area contributed by atoms with Gasteiger partial charge in [-0.15, -0.1) is 0 Å². The molecule has 0 N–H and O–H groups in total. The summed E-state index contributed by atoms with van der Waals surface area (Å²) in [5.41, 5.74) is 0.991. The lowest BCUT2D eigenvalue weighted by Gasteiger charge is -2.54. The Morgan fingerprint density at radius 2 is 1.73 bits per heavy atom. The number of hydrogen-bond donors (Lipinski definition) is 0. The zero-order chi connectivity index (χ0) is 40.2. The van der Waals surface area contributed by atoms with Gasteiger partial charge in [-0.05, 0) is 105 Å². The second-order valence-electron chi connectivity index (χ2n) is 17.7. The molecular formula is C40H57FN8O6S. The molecule has 0 aliphatic carbocycles. The van der Waals surface area contributed by atoms with Crippen molar-refractivity contribution in [3.63, 3.8) is 0 Å². The van der Waals surface area contributed by atoms with Crippen LogP contribution in [0.2, 0.25) is 0 Å². The van der Waals surface area contributed by atoms with Gasteiger partial charge in [-0.3, -0.25) is 9.69 Å². The Kier molecular flexibility index (Phi) is 11.1. The first-order valence-corrected chi connectivity index (χ1v) is 21.3. The van der Waals surface area contributed by atoms with Crippen molar-refractivity contribution >= 4 is 28.0 Å². The van der Waals surface area contributed by atoms with E-state index < -0.39 is 21.6 Å². The van der Waals surface area contributed by atoms with E-state index in [9.17, 15) is 22.4 Å². The number of amides is 2. The van der Waals surface area contributed by atoms with E-state index in [0.717, 1.165) is 45.6 Å². The number of aromatic nitrogens is 2. The molecule has 2 amide bonds. The number of piperazine rings is 1. The monoisotopic (exact) mass is 796 g/mol. The van der Waals surface area contributed by atoms with Gasteiger partial charge in [0.2, 0.25) is 0 Å². The number of ether oxygens (including phenoxy) is 2. The lowest BCUT2D eigenvalue weighted by Crippen LogP contribution is -2.61. The van der Waals surface area contributed by atoms with Gasteiger partial charge >= 0.3 is 6.09 Å². The van der Waals surface area contributed by atoms with Crippen LogP contribution >= 0.6 is 0 Å². The van der Waals surface area contributed by atoms with Crippen molar-refractivity contribution < 1.29 is 31.9 Å². The van der Waals surface area contributed by atoms with Crippen LogP contribution in [0.1, 0.15) is 84.5 Å². The summed E-state index contributed by atoms with van der Waals surface area (Å²) in [5, 5.41) is 0. The van der Waals surface area contributed by atoms with Crippen LogP contribution in [0.5, 0.6) is 11.5 Å². The van der Waals surface area contributed by atoms with E-state index in [0.29, 0.717) is 50.6 Å². The van der Waals surface area contributed by atoms with Gasteiger partial charge in [0, 0.05) is 69.4 Å². The number of halogens is 1. The molecule has 2 atom stereocenters. The topological polar surface area (TPSA) is 132 Å². The second kappa shape index (κ2) is 15.5. The fraction of sp³-hybridized carbons (Fsp3) is 0.650. The van der Waals surface area contributed by atoms with Crippen molar-refractivity contribution in [3.8, 4) is 11.5 Å². The molecule has 1 aromatic heterocycles. The molecule has 14 nitrogen and oxygen atoms in total. The van der Waals surface area contributed by atoms with Crippen molar-refractivity contribution in [1.82, 2.24) is 33.3 Å². The van der Waals surface area contributed by atoms with Crippen molar-refractivity contribution in [2.45, 2.75) is 104 Å². The van der Waals surface area contributed by atoms with Gasteiger partial charge in [-0.1, -0.05) is 11.6 Å². The molecule has 5 aliphatic heterocycles. The SMILES string of the molecule is CC(C)N(C(=O)c1cc(F)ccc1Oc1cncnc1N1CC2(CCN(CC3=CCN(S(=O)(=O)N4C[C@@H]5C[C@H]4CN5C(=O)OC(C)(C)C)CC3)CC2)C1)C(C)C. The highest BCUT2D eigenvalue weighted by molar-refractivity contribution is 7.86. The molecule has 2 aromatic rings. The van der Waals surface area contributed by atoms with Crippen molar-refractivity contribution in [2.24, 2.45) is 5.41 Å². The molecular weight excluding hydrogens is 740 g/mol. The van der Waals surface area contributed by atoms with E-state index >= 15 is 0 Å². The second-order valence-corrected chi connectivity index (χ2v) is 19.6. The summed E-state index contributed by atoms with van der Waals surface area (Å²) in [4.78, 5) is 43.1. The Balaban J connectivity index is 0.904. The summed E-state index contributed by atoms with van der Waals surface area (Å²) < 4.78 is 56.8. The fourth-order valence-corrected chi connectivity index (χ4v) is 10.8. The van der Waals surface area contributed by atoms with Crippen LogP contribution in [0, 0.1) is 11.2 Å². The minimum absolute atomic E-state index is 0.0791. The van der Waals surface area contributed by atoms with Crippen LogP contribution < -0.4 is 9.64 Å². The molecule has 2 bridgehead atoms. The molecule has 16 heteroatoms. The fourth-order valence-electron chi connectivity index (χ4n) is 9.05. The normalized spacial score (nSPS) is 23.1. The summed E-state index contributed by atoms with van der Waals surface area (Å²) >= 11 is 0. The highest BCUT2D eigenvalue weighted by Gasteiger charge is 2.52. The number of rotatable bonds is 10. The third kappa shape index (κ3) is 8.25. The van der Waals surface area contributed by atoms with Gasteiger partial charge in [-0.2, -0.15) is 17.0 Å². The maximum absolute atomic E-state index is 14.4. The highest BCUT2D eigenvalue weighted by atomic mass is 32.2. The van der Waals surface area contributed by atoms with Gasteiger partial charge in [0.15, 0.2) is 11.6 Å². The minimum atomic E-state index is -3.64. The van der Waals surface area contributed by atoms with E-state index in [-0.39, 0.29) is 52.9 Å². The first-order chi connectivity index (χ1) is 26.4. The smallest absolute Gasteiger partial charge is 0.410 e. The minimum Gasteiger partial charge on any atom is -0.451 e. The Morgan fingerprint density at radius 1 is 1.02 bits per heavy atom. The summed E-state index contributed by atoms with van der Waals surface area (Å²) in [6, 6.07) is 3.48. The van der Waals surface area contributed by atoms with Crippen LogP contribution in [0.3, 0.4) is 0 Å². The van der Waals surface area contributed by atoms with Gasteiger partial charge < -0.3 is 24.2 Å². The van der Waals surface area contributed by atoms with Crippen LogP contribution in [0.15, 0.2) is 42.4 Å². The number of hydrogen-bond acceptors (Lipinski definition) is 10. The molecule has 306 valence electrons. The maximum atomic E-state index is 14.4. The summed E-state index contributed by atoms with van der Waals surface area (Å²) in [5.74, 6) is 0.515. The lowest BCUT2D eigenvalue weighted by molar-refractivity contribution is 0.0170. The maximum Gasteiger partial charge on any atom is 0.410 e. The van der Waals surface area contributed by atoms with Crippen molar-refractivity contribution in [3.05, 3.63) is 53.8 Å². The quantitative estimate of drug-likeness (QED) is 0.298. The Hall–Kier alpha value is -3.86. The number of benzene rings is 1. The summed E-state index contributed by atoms with van der Waals surface area (Å²) in [7, 11) is -3.64.